The number of hydrogen-bond acceptors (Lipinski definition) is 5. The van der Waals surface area contributed by atoms with E-state index in [0.29, 0.717) is 19.0 Å². The van der Waals surface area contributed by atoms with Crippen LogP contribution in [0.1, 0.15) is 23.4 Å². The second-order valence-electron chi connectivity index (χ2n) is 6.51. The third-order valence-electron chi connectivity index (χ3n) is 4.58. The lowest BCUT2D eigenvalue weighted by Gasteiger charge is -2.31. The molecule has 1 fully saturated rings. The first-order chi connectivity index (χ1) is 12.7. The molecule has 2 N–H and O–H groups in total. The summed E-state index contributed by atoms with van der Waals surface area (Å²) in [7, 11) is 0. The van der Waals surface area contributed by atoms with Gasteiger partial charge in [0, 0.05) is 24.2 Å². The van der Waals surface area contributed by atoms with Crippen molar-refractivity contribution in [2.24, 2.45) is 5.92 Å². The van der Waals surface area contributed by atoms with Crippen LogP contribution in [0.15, 0.2) is 41.9 Å². The van der Waals surface area contributed by atoms with Gasteiger partial charge in [-0.3, -0.25) is 19.5 Å². The summed E-state index contributed by atoms with van der Waals surface area (Å²) >= 11 is 1.56. The first-order valence-electron chi connectivity index (χ1n) is 8.91. The van der Waals surface area contributed by atoms with Gasteiger partial charge in [-0.25, -0.2) is 0 Å². The van der Waals surface area contributed by atoms with Gasteiger partial charge in [-0.05, 0) is 55.4 Å². The number of carbonyl (C=O) groups is 2. The third kappa shape index (κ3) is 5.64. The summed E-state index contributed by atoms with van der Waals surface area (Å²) in [4.78, 5) is 31.5. The number of nitrogens with zero attached hydrogens (tertiary/aromatic N) is 2. The Hall–Kier alpha value is -2.25. The first-order valence-corrected chi connectivity index (χ1v) is 9.79. The number of nitrogens with one attached hydrogen (secondary N) is 2. The van der Waals surface area contributed by atoms with Gasteiger partial charge in [-0.2, -0.15) is 0 Å². The number of carbonyl (C=O) groups excluding carboxylic acids is 2. The molecular formula is C19H24N4O2S. The minimum absolute atomic E-state index is 0.399. The van der Waals surface area contributed by atoms with Gasteiger partial charge >= 0.3 is 11.8 Å². The lowest BCUT2D eigenvalue weighted by atomic mass is 9.96. The first kappa shape index (κ1) is 18.5. The molecule has 0 saturated carbocycles. The van der Waals surface area contributed by atoms with E-state index in [4.69, 9.17) is 0 Å². The molecule has 1 aliphatic rings. The smallest absolute Gasteiger partial charge is 0.309 e. The number of aromatic nitrogens is 1. The lowest BCUT2D eigenvalue weighted by Crippen LogP contribution is -2.43. The maximum atomic E-state index is 11.9. The molecule has 7 heteroatoms. The normalized spacial score (nSPS) is 15.5. The summed E-state index contributed by atoms with van der Waals surface area (Å²) in [5.41, 5.74) is 1.08. The summed E-state index contributed by atoms with van der Waals surface area (Å²) in [5, 5.41) is 7.37. The Morgan fingerprint density at radius 3 is 2.62 bits per heavy atom. The van der Waals surface area contributed by atoms with E-state index in [2.05, 4.69) is 20.5 Å². The molecule has 1 saturated heterocycles. The number of amides is 2. The Morgan fingerprint density at radius 1 is 1.12 bits per heavy atom. The van der Waals surface area contributed by atoms with Gasteiger partial charge in [0.25, 0.3) is 0 Å². The largest absolute Gasteiger partial charge is 0.348 e. The van der Waals surface area contributed by atoms with Gasteiger partial charge in [-0.1, -0.05) is 12.1 Å². The van der Waals surface area contributed by atoms with E-state index < -0.39 is 11.8 Å². The van der Waals surface area contributed by atoms with Crippen molar-refractivity contribution in [1.82, 2.24) is 20.5 Å². The molecule has 0 unspecified atom stereocenters. The zero-order valence-corrected chi connectivity index (χ0v) is 15.5. The molecule has 2 amide bonds. The van der Waals surface area contributed by atoms with Crippen LogP contribution < -0.4 is 10.6 Å². The Morgan fingerprint density at radius 2 is 1.92 bits per heavy atom. The summed E-state index contributed by atoms with van der Waals surface area (Å²) in [6.45, 7) is 3.80. The number of rotatable bonds is 6. The van der Waals surface area contributed by atoms with Crippen molar-refractivity contribution in [2.75, 3.05) is 19.6 Å². The van der Waals surface area contributed by atoms with E-state index in [-0.39, 0.29) is 0 Å². The zero-order valence-electron chi connectivity index (χ0n) is 14.7. The van der Waals surface area contributed by atoms with E-state index in [9.17, 15) is 9.59 Å². The Balaban J connectivity index is 1.33. The zero-order chi connectivity index (χ0) is 18.2. The molecule has 2 aromatic rings. The third-order valence-corrected chi connectivity index (χ3v) is 5.46. The van der Waals surface area contributed by atoms with E-state index >= 15 is 0 Å². The van der Waals surface area contributed by atoms with Crippen LogP contribution in [-0.4, -0.2) is 41.3 Å². The van der Waals surface area contributed by atoms with Gasteiger partial charge < -0.3 is 10.6 Å². The van der Waals surface area contributed by atoms with Crippen LogP contribution in [0, 0.1) is 5.92 Å². The van der Waals surface area contributed by atoms with Gasteiger partial charge in [0.05, 0.1) is 12.2 Å². The minimum atomic E-state index is -0.564. The number of hydrogen-bond donors (Lipinski definition) is 2. The van der Waals surface area contributed by atoms with Crippen molar-refractivity contribution in [1.29, 1.82) is 0 Å². The highest BCUT2D eigenvalue weighted by Gasteiger charge is 2.21. The van der Waals surface area contributed by atoms with E-state index in [0.717, 1.165) is 43.0 Å². The monoisotopic (exact) mass is 372 g/mol. The molecule has 138 valence electrons. The van der Waals surface area contributed by atoms with Crippen molar-refractivity contribution >= 4 is 23.2 Å². The molecule has 0 aromatic carbocycles. The molecule has 2 aromatic heterocycles. The molecule has 0 spiro atoms. The van der Waals surface area contributed by atoms with Crippen molar-refractivity contribution in [3.63, 3.8) is 0 Å². The second kappa shape index (κ2) is 9.45. The highest BCUT2D eigenvalue weighted by atomic mass is 32.1. The number of piperidine rings is 1. The van der Waals surface area contributed by atoms with Crippen LogP contribution in [0.4, 0.5) is 0 Å². The van der Waals surface area contributed by atoms with Gasteiger partial charge in [0.15, 0.2) is 0 Å². The van der Waals surface area contributed by atoms with Crippen molar-refractivity contribution in [2.45, 2.75) is 25.9 Å². The quantitative estimate of drug-likeness (QED) is 0.758. The van der Waals surface area contributed by atoms with Crippen LogP contribution in [0.2, 0.25) is 0 Å². The fourth-order valence-electron chi connectivity index (χ4n) is 3.05. The lowest BCUT2D eigenvalue weighted by molar-refractivity contribution is -0.139. The van der Waals surface area contributed by atoms with Crippen molar-refractivity contribution < 1.29 is 9.59 Å². The van der Waals surface area contributed by atoms with Crippen molar-refractivity contribution in [3.05, 3.63) is 52.5 Å². The minimum Gasteiger partial charge on any atom is -0.348 e. The number of thiophene rings is 1. The van der Waals surface area contributed by atoms with Crippen LogP contribution >= 0.6 is 11.3 Å². The molecule has 1 aliphatic heterocycles. The maximum Gasteiger partial charge on any atom is 0.309 e. The summed E-state index contributed by atoms with van der Waals surface area (Å²) in [6, 6.07) is 9.83. The van der Waals surface area contributed by atoms with Crippen LogP contribution in [0.25, 0.3) is 0 Å². The van der Waals surface area contributed by atoms with Gasteiger partial charge in [-0.15, -0.1) is 11.3 Å². The highest BCUT2D eigenvalue weighted by molar-refractivity contribution is 7.09. The second-order valence-corrected chi connectivity index (χ2v) is 7.54. The predicted molar refractivity (Wildman–Crippen MR) is 101 cm³/mol. The summed E-state index contributed by atoms with van der Waals surface area (Å²) < 4.78 is 0. The molecule has 0 bridgehead atoms. The Labute approximate surface area is 157 Å². The van der Waals surface area contributed by atoms with Crippen molar-refractivity contribution in [3.8, 4) is 0 Å². The molecule has 3 rings (SSSR count). The average Bonchev–Trinajstić information content (AvgIpc) is 3.20. The standard InChI is InChI=1S/C19H24N4O2S/c24-18(19(25)22-13-17-5-3-11-26-17)21-12-15-6-9-23(10-7-15)14-16-4-1-2-8-20-16/h1-5,8,11,15H,6-7,9-10,12-14H2,(H,21,24)(H,22,25). The Bertz CT molecular complexity index is 698. The van der Waals surface area contributed by atoms with E-state index in [1.54, 1.807) is 11.3 Å². The average molecular weight is 372 g/mol. The maximum absolute atomic E-state index is 11.9. The highest BCUT2D eigenvalue weighted by Crippen LogP contribution is 2.17. The molecular weight excluding hydrogens is 348 g/mol. The predicted octanol–water partition coefficient (Wildman–Crippen LogP) is 1.79. The molecule has 3 heterocycles. The van der Waals surface area contributed by atoms with Crippen LogP contribution in [0.5, 0.6) is 0 Å². The summed E-state index contributed by atoms with van der Waals surface area (Å²) in [5.74, 6) is -0.688. The fraction of sp³-hybridized carbons (Fsp3) is 0.421. The Kier molecular flexibility index (Phi) is 6.74. The molecule has 26 heavy (non-hydrogen) atoms. The van der Waals surface area contributed by atoms with Crippen LogP contribution in [0.3, 0.4) is 0 Å². The fourth-order valence-corrected chi connectivity index (χ4v) is 3.69. The molecule has 0 aliphatic carbocycles. The molecule has 0 atom stereocenters. The van der Waals surface area contributed by atoms with E-state index in [1.807, 2.05) is 41.9 Å². The summed E-state index contributed by atoms with van der Waals surface area (Å²) in [6.07, 6.45) is 3.86. The SMILES string of the molecule is O=C(NCc1cccs1)C(=O)NCC1CCN(Cc2ccccn2)CC1. The number of likely N-dealkylation sites (tertiary alicyclic amines) is 1. The van der Waals surface area contributed by atoms with Gasteiger partial charge in [0.2, 0.25) is 0 Å². The van der Waals surface area contributed by atoms with Crippen LogP contribution in [-0.2, 0) is 22.7 Å². The molecule has 6 nitrogen and oxygen atoms in total. The van der Waals surface area contributed by atoms with E-state index in [1.165, 1.54) is 0 Å². The topological polar surface area (TPSA) is 74.3 Å². The van der Waals surface area contributed by atoms with Gasteiger partial charge in [0.1, 0.15) is 0 Å². The molecule has 0 radical (unpaired) electrons. The number of pyridine rings is 1.